The summed E-state index contributed by atoms with van der Waals surface area (Å²) in [5, 5.41) is 26.0. The van der Waals surface area contributed by atoms with Crippen LogP contribution in [0.5, 0.6) is 0 Å². The Labute approximate surface area is 101 Å². The maximum atomic E-state index is 9.57. The molecule has 0 spiro atoms. The van der Waals surface area contributed by atoms with Gasteiger partial charge in [-0.25, -0.2) is 0 Å². The Morgan fingerprint density at radius 3 is 3.12 bits per heavy atom. The Bertz CT molecular complexity index is 340. The topological polar surface area (TPSA) is 70.3 Å². The molecule has 0 saturated heterocycles. The number of aliphatic hydroxyl groups excluding tert-OH is 2. The fourth-order valence-corrected chi connectivity index (χ4v) is 2.33. The summed E-state index contributed by atoms with van der Waals surface area (Å²) < 4.78 is 1.74. The molecular formula is C12H21N3O2. The smallest absolute Gasteiger partial charge is 0.0640 e. The average Bonchev–Trinajstić information content (AvgIpc) is 2.75. The minimum Gasteiger partial charge on any atom is -0.394 e. The third kappa shape index (κ3) is 3.80. The summed E-state index contributed by atoms with van der Waals surface area (Å²) >= 11 is 0. The van der Waals surface area contributed by atoms with Crippen LogP contribution in [0.15, 0.2) is 12.4 Å². The molecule has 1 aliphatic rings. The lowest BCUT2D eigenvalue weighted by molar-refractivity contribution is 0.111. The van der Waals surface area contributed by atoms with Crippen molar-refractivity contribution in [2.45, 2.75) is 50.9 Å². The van der Waals surface area contributed by atoms with E-state index in [1.165, 1.54) is 0 Å². The lowest BCUT2D eigenvalue weighted by Crippen LogP contribution is -2.35. The van der Waals surface area contributed by atoms with Crippen LogP contribution in [-0.2, 0) is 13.1 Å². The zero-order chi connectivity index (χ0) is 12.1. The second-order valence-corrected chi connectivity index (χ2v) is 4.73. The molecule has 0 radical (unpaired) electrons. The Balaban J connectivity index is 1.76. The largest absolute Gasteiger partial charge is 0.394 e. The molecule has 2 atom stereocenters. The van der Waals surface area contributed by atoms with Crippen molar-refractivity contribution in [1.82, 2.24) is 15.1 Å². The van der Waals surface area contributed by atoms with Crippen LogP contribution in [0.1, 0.15) is 31.2 Å². The summed E-state index contributed by atoms with van der Waals surface area (Å²) in [4.78, 5) is 0. The van der Waals surface area contributed by atoms with Gasteiger partial charge in [-0.1, -0.05) is 0 Å². The monoisotopic (exact) mass is 239 g/mol. The molecule has 17 heavy (non-hydrogen) atoms. The second-order valence-electron chi connectivity index (χ2n) is 4.73. The van der Waals surface area contributed by atoms with Gasteiger partial charge in [0, 0.05) is 24.3 Å². The van der Waals surface area contributed by atoms with Gasteiger partial charge in [0.15, 0.2) is 0 Å². The van der Waals surface area contributed by atoms with Crippen molar-refractivity contribution >= 4 is 0 Å². The van der Waals surface area contributed by atoms with E-state index in [1.54, 1.807) is 4.68 Å². The summed E-state index contributed by atoms with van der Waals surface area (Å²) in [7, 11) is 0. The molecular weight excluding hydrogens is 218 g/mol. The quantitative estimate of drug-likeness (QED) is 0.690. The first-order valence-corrected chi connectivity index (χ1v) is 6.31. The zero-order valence-corrected chi connectivity index (χ0v) is 10.0. The number of nitrogens with one attached hydrogen (secondary N) is 1. The highest BCUT2D eigenvalue weighted by molar-refractivity contribution is 5.03. The Morgan fingerprint density at radius 1 is 1.47 bits per heavy atom. The fourth-order valence-electron chi connectivity index (χ4n) is 2.33. The van der Waals surface area contributed by atoms with Crippen LogP contribution in [0.2, 0.25) is 0 Å². The summed E-state index contributed by atoms with van der Waals surface area (Å²) in [5.74, 6) is 0. The molecule has 0 aliphatic heterocycles. The average molecular weight is 239 g/mol. The predicted octanol–water partition coefficient (Wildman–Crippen LogP) is 0.268. The van der Waals surface area contributed by atoms with Crippen molar-refractivity contribution in [3.63, 3.8) is 0 Å². The molecule has 1 aliphatic carbocycles. The van der Waals surface area contributed by atoms with Crippen molar-refractivity contribution in [2.24, 2.45) is 0 Å². The molecule has 1 aromatic rings. The lowest BCUT2D eigenvalue weighted by Gasteiger charge is -2.26. The minimum absolute atomic E-state index is 0.114. The highest BCUT2D eigenvalue weighted by Crippen LogP contribution is 2.18. The first kappa shape index (κ1) is 12.5. The summed E-state index contributed by atoms with van der Waals surface area (Å²) in [6.45, 7) is 1.44. The van der Waals surface area contributed by atoms with Crippen LogP contribution in [0.25, 0.3) is 0 Å². The first-order valence-electron chi connectivity index (χ1n) is 6.31. The zero-order valence-electron chi connectivity index (χ0n) is 10.0. The molecule has 1 saturated carbocycles. The van der Waals surface area contributed by atoms with Crippen LogP contribution in [0.4, 0.5) is 0 Å². The van der Waals surface area contributed by atoms with E-state index in [0.717, 1.165) is 37.8 Å². The number of aliphatic hydroxyl groups is 2. The molecule has 1 heterocycles. The van der Waals surface area contributed by atoms with E-state index in [9.17, 15) is 5.11 Å². The maximum Gasteiger partial charge on any atom is 0.0640 e. The van der Waals surface area contributed by atoms with Gasteiger partial charge < -0.3 is 15.5 Å². The number of rotatable bonds is 5. The number of hydrogen-bond donors (Lipinski definition) is 3. The van der Waals surface area contributed by atoms with Crippen LogP contribution in [0.3, 0.4) is 0 Å². The number of aromatic nitrogens is 2. The summed E-state index contributed by atoms with van der Waals surface area (Å²) in [6, 6.07) is 0.417. The van der Waals surface area contributed by atoms with Gasteiger partial charge in [-0.3, -0.25) is 4.68 Å². The van der Waals surface area contributed by atoms with Crippen molar-refractivity contribution in [2.75, 3.05) is 6.61 Å². The van der Waals surface area contributed by atoms with Crippen LogP contribution >= 0.6 is 0 Å². The summed E-state index contributed by atoms with van der Waals surface area (Å²) in [5.41, 5.74) is 1.12. The van der Waals surface area contributed by atoms with Crippen molar-refractivity contribution in [1.29, 1.82) is 0 Å². The van der Waals surface area contributed by atoms with E-state index in [1.807, 2.05) is 12.4 Å². The third-order valence-corrected chi connectivity index (χ3v) is 3.26. The molecule has 1 aromatic heterocycles. The standard InChI is InChI=1S/C12H21N3O2/c16-5-4-15-9-10(8-14-15)7-13-11-2-1-3-12(17)6-11/h8-9,11-13,16-17H,1-7H2. The van der Waals surface area contributed by atoms with Crippen molar-refractivity contribution in [3.05, 3.63) is 18.0 Å². The number of nitrogens with zero attached hydrogens (tertiary/aromatic N) is 2. The summed E-state index contributed by atoms with van der Waals surface area (Å²) in [6.07, 6.45) is 7.66. The van der Waals surface area contributed by atoms with Gasteiger partial charge in [0.1, 0.15) is 0 Å². The van der Waals surface area contributed by atoms with Crippen molar-refractivity contribution < 1.29 is 10.2 Å². The molecule has 0 bridgehead atoms. The lowest BCUT2D eigenvalue weighted by atomic mass is 9.93. The van der Waals surface area contributed by atoms with E-state index in [-0.39, 0.29) is 12.7 Å². The van der Waals surface area contributed by atoms with Gasteiger partial charge in [0.25, 0.3) is 0 Å². The van der Waals surface area contributed by atoms with Gasteiger partial charge in [-0.15, -0.1) is 0 Å². The molecule has 1 fully saturated rings. The van der Waals surface area contributed by atoms with Gasteiger partial charge in [0.2, 0.25) is 0 Å². The molecule has 3 N–H and O–H groups in total. The van der Waals surface area contributed by atoms with E-state index in [0.29, 0.717) is 12.6 Å². The van der Waals surface area contributed by atoms with E-state index < -0.39 is 0 Å². The SMILES string of the molecule is OCCn1cc(CNC2CCCC(O)C2)cn1. The minimum atomic E-state index is -0.140. The Morgan fingerprint density at radius 2 is 2.35 bits per heavy atom. The highest BCUT2D eigenvalue weighted by Gasteiger charge is 2.19. The fraction of sp³-hybridized carbons (Fsp3) is 0.750. The van der Waals surface area contributed by atoms with Crippen LogP contribution in [-0.4, -0.2) is 38.7 Å². The van der Waals surface area contributed by atoms with E-state index in [4.69, 9.17) is 5.11 Å². The first-order chi connectivity index (χ1) is 8.28. The third-order valence-electron chi connectivity index (χ3n) is 3.26. The number of hydrogen-bond acceptors (Lipinski definition) is 4. The van der Waals surface area contributed by atoms with Crippen LogP contribution < -0.4 is 5.32 Å². The normalized spacial score (nSPS) is 25.1. The van der Waals surface area contributed by atoms with Crippen molar-refractivity contribution in [3.8, 4) is 0 Å². The molecule has 2 unspecified atom stereocenters. The maximum absolute atomic E-state index is 9.57. The molecule has 96 valence electrons. The van der Waals surface area contributed by atoms with Gasteiger partial charge in [-0.05, 0) is 25.7 Å². The van der Waals surface area contributed by atoms with Gasteiger partial charge in [0.05, 0.1) is 25.5 Å². The van der Waals surface area contributed by atoms with E-state index in [2.05, 4.69) is 10.4 Å². The molecule has 0 amide bonds. The molecule has 2 rings (SSSR count). The molecule has 5 nitrogen and oxygen atoms in total. The molecule has 5 heteroatoms. The Hall–Kier alpha value is -0.910. The van der Waals surface area contributed by atoms with E-state index >= 15 is 0 Å². The van der Waals surface area contributed by atoms with Gasteiger partial charge in [-0.2, -0.15) is 5.10 Å². The second kappa shape index (κ2) is 6.14. The predicted molar refractivity (Wildman–Crippen MR) is 64.4 cm³/mol. The highest BCUT2D eigenvalue weighted by atomic mass is 16.3. The van der Waals surface area contributed by atoms with Gasteiger partial charge >= 0.3 is 0 Å². The molecule has 0 aromatic carbocycles. The Kier molecular flexibility index (Phi) is 4.53. The van der Waals surface area contributed by atoms with Crippen LogP contribution in [0, 0.1) is 0 Å².